The summed E-state index contributed by atoms with van der Waals surface area (Å²) in [5.41, 5.74) is 3.40. The number of allylic oxidation sites excluding steroid dienone is 3. The summed E-state index contributed by atoms with van der Waals surface area (Å²) in [6, 6.07) is 3.35. The van der Waals surface area contributed by atoms with E-state index in [0.29, 0.717) is 5.56 Å². The van der Waals surface area contributed by atoms with Crippen molar-refractivity contribution in [3.8, 4) is 11.5 Å². The molecule has 0 spiro atoms. The van der Waals surface area contributed by atoms with Crippen molar-refractivity contribution >= 4 is 10.4 Å². The van der Waals surface area contributed by atoms with Crippen LogP contribution in [0.15, 0.2) is 35.9 Å². The van der Waals surface area contributed by atoms with Crippen LogP contribution in [0.4, 0.5) is 0 Å². The van der Waals surface area contributed by atoms with E-state index in [-0.39, 0.29) is 23.3 Å². The number of phenols is 1. The molecule has 0 radical (unpaired) electrons. The highest BCUT2D eigenvalue weighted by atomic mass is 32.3. The van der Waals surface area contributed by atoms with Gasteiger partial charge in [0.1, 0.15) is 5.75 Å². The molecular weight excluding hydrogens is 364 g/mol. The zero-order chi connectivity index (χ0) is 20.2. The average molecular weight is 396 g/mol. The average Bonchev–Trinajstić information content (AvgIpc) is 2.53. The fraction of sp³-hybridized carbons (Fsp3) is 0.524. The Hall–Kier alpha value is -1.79. The Labute approximate surface area is 162 Å². The molecule has 0 amide bonds. The van der Waals surface area contributed by atoms with Gasteiger partial charge in [0.05, 0.1) is 0 Å². The first kappa shape index (κ1) is 21.5. The van der Waals surface area contributed by atoms with Gasteiger partial charge in [0, 0.05) is 11.5 Å². The van der Waals surface area contributed by atoms with Crippen molar-refractivity contribution in [2.24, 2.45) is 5.92 Å². The summed E-state index contributed by atoms with van der Waals surface area (Å²) in [6.07, 6.45) is 7.67. The van der Waals surface area contributed by atoms with E-state index < -0.39 is 10.4 Å². The van der Waals surface area contributed by atoms with E-state index in [0.717, 1.165) is 49.7 Å². The van der Waals surface area contributed by atoms with Gasteiger partial charge in [-0.05, 0) is 63.1 Å². The van der Waals surface area contributed by atoms with Crippen LogP contribution < -0.4 is 4.18 Å². The molecule has 0 aromatic heterocycles. The van der Waals surface area contributed by atoms with Crippen LogP contribution in [0.25, 0.3) is 0 Å². The summed E-state index contributed by atoms with van der Waals surface area (Å²) < 4.78 is 35.3. The highest BCUT2D eigenvalue weighted by molar-refractivity contribution is 7.81. The van der Waals surface area contributed by atoms with Gasteiger partial charge in [0.15, 0.2) is 5.75 Å². The molecule has 1 aromatic rings. The fourth-order valence-electron chi connectivity index (χ4n) is 3.82. The highest BCUT2D eigenvalue weighted by Crippen LogP contribution is 2.47. The van der Waals surface area contributed by atoms with E-state index in [9.17, 15) is 13.5 Å². The molecule has 0 heterocycles. The van der Waals surface area contributed by atoms with E-state index >= 15 is 0 Å². The topological polar surface area (TPSA) is 86.5 Å². The number of aryl methyl sites for hydroxylation is 1. The molecular formula is C21H31O5S+. The molecule has 1 aliphatic rings. The number of hydrogen-bond donors (Lipinski definition) is 1. The second kappa shape index (κ2) is 8.93. The largest absolute Gasteiger partial charge is 0.581 e. The van der Waals surface area contributed by atoms with Crippen LogP contribution in [0.3, 0.4) is 0 Å². The van der Waals surface area contributed by atoms with Crippen LogP contribution in [-0.2, 0) is 16.8 Å². The van der Waals surface area contributed by atoms with Crippen LogP contribution in [0.1, 0.15) is 69.9 Å². The van der Waals surface area contributed by atoms with Crippen LogP contribution in [0, 0.1) is 5.92 Å². The predicted octanol–water partition coefficient (Wildman–Crippen LogP) is 4.49. The molecule has 6 heteroatoms. The monoisotopic (exact) mass is 395 g/mol. The zero-order valence-corrected chi connectivity index (χ0v) is 17.2. The lowest BCUT2D eigenvalue weighted by atomic mass is 9.73. The molecule has 1 aliphatic carbocycles. The van der Waals surface area contributed by atoms with Crippen LogP contribution in [-0.4, -0.2) is 18.1 Å². The first-order valence-corrected chi connectivity index (χ1v) is 10.9. The van der Waals surface area contributed by atoms with Crippen LogP contribution in [0.2, 0.25) is 0 Å². The van der Waals surface area contributed by atoms with Crippen molar-refractivity contribution in [1.82, 2.24) is 0 Å². The standard InChI is InChI=1S/C21H30O5S/c1-5-6-7-8-16-12-19(22)21(20(13-16)26-27(23,24)25)18-11-15(4)9-10-17(18)14(2)3/h11-13,17-18,22H,2,5-10H2,1,3-4H3,(H,23,24,25)/p+1/t17-,18+/m0/s1. The van der Waals surface area contributed by atoms with Crippen LogP contribution >= 0.6 is 0 Å². The van der Waals surface area contributed by atoms with Gasteiger partial charge >= 0.3 is 10.4 Å². The van der Waals surface area contributed by atoms with Crippen LogP contribution in [0.5, 0.6) is 11.5 Å². The molecule has 0 fully saturated rings. The summed E-state index contributed by atoms with van der Waals surface area (Å²) in [7, 11) is -4.45. The maximum Gasteiger partial charge on any atom is 0.581 e. The number of phenolic OH excluding ortho intramolecular Hbond substituents is 1. The maximum absolute atomic E-state index is 11.5. The lowest BCUT2D eigenvalue weighted by molar-refractivity contribution is 0.376. The lowest BCUT2D eigenvalue weighted by Gasteiger charge is -2.31. The minimum atomic E-state index is -4.45. The number of unbranched alkanes of at least 4 members (excludes halogenated alkanes) is 2. The summed E-state index contributed by atoms with van der Waals surface area (Å²) in [5.74, 6) is -0.0671. The second-order valence-electron chi connectivity index (χ2n) is 7.55. The Kier molecular flexibility index (Phi) is 7.12. The Bertz CT molecular complexity index is 823. The van der Waals surface area contributed by atoms with Gasteiger partial charge < -0.3 is 9.29 Å². The van der Waals surface area contributed by atoms with Crippen molar-refractivity contribution in [1.29, 1.82) is 0 Å². The molecule has 2 atom stereocenters. The molecule has 27 heavy (non-hydrogen) atoms. The Balaban J connectivity index is 2.55. The third-order valence-corrected chi connectivity index (χ3v) is 5.56. The van der Waals surface area contributed by atoms with Crippen molar-refractivity contribution in [3.63, 3.8) is 0 Å². The molecule has 0 unspecified atom stereocenters. The lowest BCUT2D eigenvalue weighted by Crippen LogP contribution is -2.19. The molecule has 0 aliphatic heterocycles. The number of benzene rings is 1. The Morgan fingerprint density at radius 2 is 2.07 bits per heavy atom. The SMILES string of the molecule is C=C(C)[C@@H]1CCC(C)=C[C@H]1c1c(O)cc(CCCCC)cc1OS(=O)(=O)[OH2+]. The van der Waals surface area contributed by atoms with E-state index in [1.165, 1.54) is 5.57 Å². The van der Waals surface area contributed by atoms with Gasteiger partial charge in [-0.25, -0.2) is 0 Å². The third-order valence-electron chi connectivity index (χ3n) is 5.16. The molecule has 0 saturated heterocycles. The summed E-state index contributed by atoms with van der Waals surface area (Å²) >= 11 is 0. The predicted molar refractivity (Wildman–Crippen MR) is 109 cm³/mol. The molecule has 0 bridgehead atoms. The molecule has 0 saturated carbocycles. The highest BCUT2D eigenvalue weighted by Gasteiger charge is 2.32. The first-order valence-electron chi connectivity index (χ1n) is 9.50. The van der Waals surface area contributed by atoms with Crippen molar-refractivity contribution in [2.75, 3.05) is 0 Å². The van der Waals surface area contributed by atoms with Crippen molar-refractivity contribution < 1.29 is 22.3 Å². The van der Waals surface area contributed by atoms with Gasteiger partial charge in [-0.3, -0.25) is 4.55 Å². The minimum absolute atomic E-state index is 0.0184. The quantitative estimate of drug-likeness (QED) is 0.399. The molecule has 2 rings (SSSR count). The number of aromatic hydroxyl groups is 1. The van der Waals surface area contributed by atoms with Gasteiger partial charge in [-0.1, -0.05) is 43.6 Å². The number of rotatable bonds is 8. The van der Waals surface area contributed by atoms with E-state index in [4.69, 9.17) is 8.74 Å². The minimum Gasteiger partial charge on any atom is -0.507 e. The van der Waals surface area contributed by atoms with Gasteiger partial charge in [-0.15, -0.1) is 8.42 Å². The number of hydrogen-bond acceptors (Lipinski definition) is 4. The van der Waals surface area contributed by atoms with Crippen molar-refractivity contribution in [2.45, 2.75) is 65.2 Å². The molecule has 5 nitrogen and oxygen atoms in total. The second-order valence-corrected chi connectivity index (χ2v) is 8.63. The zero-order valence-electron chi connectivity index (χ0n) is 16.4. The molecule has 150 valence electrons. The summed E-state index contributed by atoms with van der Waals surface area (Å²) in [6.45, 7) is 10.2. The normalized spacial score (nSPS) is 20.2. The molecule has 1 aromatic carbocycles. The van der Waals surface area contributed by atoms with Gasteiger partial charge in [0.2, 0.25) is 0 Å². The Morgan fingerprint density at radius 1 is 1.37 bits per heavy atom. The summed E-state index contributed by atoms with van der Waals surface area (Å²) in [5, 5.41) is 10.8. The van der Waals surface area contributed by atoms with E-state index in [1.807, 2.05) is 13.8 Å². The third kappa shape index (κ3) is 5.84. The maximum atomic E-state index is 11.5. The van der Waals surface area contributed by atoms with Gasteiger partial charge in [-0.2, -0.15) is 0 Å². The van der Waals surface area contributed by atoms with E-state index in [2.05, 4.69) is 19.6 Å². The van der Waals surface area contributed by atoms with E-state index in [1.54, 1.807) is 12.1 Å². The van der Waals surface area contributed by atoms with Crippen molar-refractivity contribution in [3.05, 3.63) is 47.1 Å². The fourth-order valence-corrected chi connectivity index (χ4v) is 4.19. The first-order chi connectivity index (χ1) is 12.6. The summed E-state index contributed by atoms with van der Waals surface area (Å²) in [4.78, 5) is 0. The molecule has 3 N–H and O–H groups in total. The Morgan fingerprint density at radius 3 is 2.67 bits per heavy atom. The van der Waals surface area contributed by atoms with Gasteiger partial charge in [0.25, 0.3) is 0 Å². The smallest absolute Gasteiger partial charge is 0.507 e.